The summed E-state index contributed by atoms with van der Waals surface area (Å²) in [4.78, 5) is 26.4. The Morgan fingerprint density at radius 3 is 2.52 bits per heavy atom. The van der Waals surface area contributed by atoms with E-state index in [0.717, 1.165) is 12.1 Å². The lowest BCUT2D eigenvalue weighted by molar-refractivity contribution is -0.160. The van der Waals surface area contributed by atoms with E-state index in [2.05, 4.69) is 5.32 Å². The van der Waals surface area contributed by atoms with E-state index in [9.17, 15) is 27.9 Å². The van der Waals surface area contributed by atoms with Crippen LogP contribution in [0.15, 0.2) is 41.7 Å². The van der Waals surface area contributed by atoms with Gasteiger partial charge in [0.2, 0.25) is 0 Å². The lowest BCUT2D eigenvalue weighted by Gasteiger charge is -2.46. The largest absolute Gasteiger partial charge is 0.509 e. The van der Waals surface area contributed by atoms with Crippen molar-refractivity contribution >= 4 is 17.5 Å². The van der Waals surface area contributed by atoms with Crippen LogP contribution in [0.3, 0.4) is 0 Å². The van der Waals surface area contributed by atoms with Crippen LogP contribution in [0.25, 0.3) is 0 Å². The van der Waals surface area contributed by atoms with E-state index in [1.54, 1.807) is 37.1 Å². The standard InChI is InChI=1S/C24H24F3N3O3/c1-13-6-4-7-15(20(13)27)12-29-23(33)19(21(31)24(3)8-5-9-30(24)29)22(32)28-16-10-17(25)14(2)18(26)11-16/h4,6-7,10-11,31H,5,8-9,12H2,1-3H3,(H,28,32). The number of hydrogen-bond acceptors (Lipinski definition) is 4. The molecule has 0 saturated carbocycles. The molecule has 33 heavy (non-hydrogen) atoms. The minimum atomic E-state index is -1.05. The number of nitrogens with zero attached hydrogens (tertiary/aromatic N) is 2. The van der Waals surface area contributed by atoms with E-state index in [1.165, 1.54) is 11.9 Å². The number of halogens is 3. The maximum atomic E-state index is 14.7. The summed E-state index contributed by atoms with van der Waals surface area (Å²) in [6.07, 6.45) is 1.10. The molecule has 0 aliphatic carbocycles. The quantitative estimate of drug-likeness (QED) is 0.670. The molecule has 1 unspecified atom stereocenters. The van der Waals surface area contributed by atoms with Gasteiger partial charge < -0.3 is 10.4 Å². The minimum absolute atomic E-state index is 0.139. The zero-order chi connectivity index (χ0) is 24.1. The van der Waals surface area contributed by atoms with Crippen LogP contribution in [-0.4, -0.2) is 39.0 Å². The Kier molecular flexibility index (Phi) is 5.69. The number of aliphatic hydroxyl groups is 1. The molecule has 2 heterocycles. The third-order valence-electron chi connectivity index (χ3n) is 6.45. The lowest BCUT2D eigenvalue weighted by Crippen LogP contribution is -2.60. The number of rotatable bonds is 4. The van der Waals surface area contributed by atoms with Crippen molar-refractivity contribution in [3.8, 4) is 0 Å². The van der Waals surface area contributed by atoms with Gasteiger partial charge in [-0.25, -0.2) is 18.2 Å². The number of anilines is 1. The molecule has 174 valence electrons. The van der Waals surface area contributed by atoms with Gasteiger partial charge in [0.15, 0.2) is 0 Å². The van der Waals surface area contributed by atoms with E-state index in [0.29, 0.717) is 24.9 Å². The Hall–Kier alpha value is -3.33. The van der Waals surface area contributed by atoms with Crippen molar-refractivity contribution in [2.24, 2.45) is 0 Å². The highest BCUT2D eigenvalue weighted by Crippen LogP contribution is 2.42. The molecule has 2 aromatic rings. The second kappa shape index (κ2) is 8.22. The van der Waals surface area contributed by atoms with Gasteiger partial charge in [-0.1, -0.05) is 18.2 Å². The van der Waals surface area contributed by atoms with Crippen LogP contribution < -0.4 is 5.32 Å². The highest BCUT2D eigenvalue weighted by Gasteiger charge is 2.52. The van der Waals surface area contributed by atoms with Gasteiger partial charge in [-0.3, -0.25) is 14.6 Å². The van der Waals surface area contributed by atoms with Gasteiger partial charge in [0.1, 0.15) is 28.8 Å². The number of amides is 2. The van der Waals surface area contributed by atoms with Crippen molar-refractivity contribution in [3.05, 3.63) is 75.8 Å². The van der Waals surface area contributed by atoms with Crippen molar-refractivity contribution in [1.82, 2.24) is 10.0 Å². The topological polar surface area (TPSA) is 72.9 Å². The number of aliphatic hydroxyl groups excluding tert-OH is 1. The average Bonchev–Trinajstić information content (AvgIpc) is 3.15. The van der Waals surface area contributed by atoms with Crippen LogP contribution in [-0.2, 0) is 16.1 Å². The fraction of sp³-hybridized carbons (Fsp3) is 0.333. The Morgan fingerprint density at radius 1 is 1.18 bits per heavy atom. The first kappa shape index (κ1) is 22.8. The summed E-state index contributed by atoms with van der Waals surface area (Å²) in [5.41, 5.74) is -1.30. The van der Waals surface area contributed by atoms with Crippen LogP contribution in [0.5, 0.6) is 0 Å². The normalized spacial score (nSPS) is 20.9. The van der Waals surface area contributed by atoms with Gasteiger partial charge in [-0.15, -0.1) is 0 Å². The fourth-order valence-electron chi connectivity index (χ4n) is 4.45. The zero-order valence-corrected chi connectivity index (χ0v) is 18.5. The molecule has 9 heteroatoms. The van der Waals surface area contributed by atoms with Gasteiger partial charge in [-0.2, -0.15) is 0 Å². The summed E-state index contributed by atoms with van der Waals surface area (Å²) in [6.45, 7) is 4.86. The number of carbonyl (C=O) groups is 2. The van der Waals surface area contributed by atoms with Crippen molar-refractivity contribution < 1.29 is 27.9 Å². The van der Waals surface area contributed by atoms with Crippen molar-refractivity contribution in [3.63, 3.8) is 0 Å². The number of fused-ring (bicyclic) bond motifs is 1. The van der Waals surface area contributed by atoms with Crippen LogP contribution in [0.4, 0.5) is 18.9 Å². The molecule has 1 atom stereocenters. The van der Waals surface area contributed by atoms with Crippen LogP contribution in [0.1, 0.15) is 36.5 Å². The molecule has 2 aliphatic rings. The number of carbonyl (C=O) groups excluding carboxylic acids is 2. The monoisotopic (exact) mass is 459 g/mol. The predicted molar refractivity (Wildman–Crippen MR) is 115 cm³/mol. The van der Waals surface area contributed by atoms with E-state index < -0.39 is 46.1 Å². The second-order valence-electron chi connectivity index (χ2n) is 8.65. The van der Waals surface area contributed by atoms with Gasteiger partial charge in [0.25, 0.3) is 11.8 Å². The summed E-state index contributed by atoms with van der Waals surface area (Å²) in [5, 5.41) is 16.2. The summed E-state index contributed by atoms with van der Waals surface area (Å²) >= 11 is 0. The van der Waals surface area contributed by atoms with Crippen LogP contribution >= 0.6 is 0 Å². The molecule has 0 radical (unpaired) electrons. The first-order chi connectivity index (χ1) is 15.5. The van der Waals surface area contributed by atoms with Crippen LogP contribution in [0, 0.1) is 31.3 Å². The minimum Gasteiger partial charge on any atom is -0.509 e. The Balaban J connectivity index is 1.72. The van der Waals surface area contributed by atoms with Gasteiger partial charge in [-0.05, 0) is 51.3 Å². The molecule has 1 saturated heterocycles. The molecule has 0 spiro atoms. The van der Waals surface area contributed by atoms with Crippen molar-refractivity contribution in [1.29, 1.82) is 0 Å². The summed E-state index contributed by atoms with van der Waals surface area (Å²) in [6, 6.07) is 6.71. The number of nitrogens with one attached hydrogen (secondary N) is 1. The number of benzene rings is 2. The molecule has 2 amide bonds. The second-order valence-corrected chi connectivity index (χ2v) is 8.65. The third kappa shape index (κ3) is 3.76. The third-order valence-corrected chi connectivity index (χ3v) is 6.45. The summed E-state index contributed by atoms with van der Waals surface area (Å²) in [5.74, 6) is -4.41. The van der Waals surface area contributed by atoms with Crippen molar-refractivity contribution in [2.45, 2.75) is 45.7 Å². The molecular weight excluding hydrogens is 435 g/mol. The van der Waals surface area contributed by atoms with E-state index in [1.807, 2.05) is 0 Å². The maximum Gasteiger partial charge on any atom is 0.277 e. The Labute approximate surface area is 189 Å². The van der Waals surface area contributed by atoms with Gasteiger partial charge >= 0.3 is 0 Å². The summed E-state index contributed by atoms with van der Waals surface area (Å²) in [7, 11) is 0. The lowest BCUT2D eigenvalue weighted by atomic mass is 9.90. The molecule has 2 aliphatic heterocycles. The van der Waals surface area contributed by atoms with E-state index in [-0.39, 0.29) is 23.4 Å². The maximum absolute atomic E-state index is 14.7. The summed E-state index contributed by atoms with van der Waals surface area (Å²) < 4.78 is 42.5. The van der Waals surface area contributed by atoms with Crippen molar-refractivity contribution in [2.75, 3.05) is 11.9 Å². The Morgan fingerprint density at radius 2 is 1.85 bits per heavy atom. The first-order valence-electron chi connectivity index (χ1n) is 10.6. The van der Waals surface area contributed by atoms with Gasteiger partial charge in [0.05, 0.1) is 12.1 Å². The molecular formula is C24H24F3N3O3. The SMILES string of the molecule is Cc1cccc(CN2C(=O)C(C(=O)Nc3cc(F)c(C)c(F)c3)=C(O)C3(C)CCCN23)c1F. The molecule has 2 aromatic carbocycles. The molecule has 1 fully saturated rings. The highest BCUT2D eigenvalue weighted by molar-refractivity contribution is 6.23. The zero-order valence-electron chi connectivity index (χ0n) is 18.5. The molecule has 0 bridgehead atoms. The Bertz CT molecular complexity index is 1170. The van der Waals surface area contributed by atoms with Gasteiger partial charge in [0, 0.05) is 23.4 Å². The van der Waals surface area contributed by atoms with Crippen LogP contribution in [0.2, 0.25) is 0 Å². The first-order valence-corrected chi connectivity index (χ1v) is 10.6. The molecule has 0 aromatic heterocycles. The highest BCUT2D eigenvalue weighted by atomic mass is 19.1. The predicted octanol–water partition coefficient (Wildman–Crippen LogP) is 4.28. The molecule has 4 rings (SSSR count). The molecule has 2 N–H and O–H groups in total. The number of aryl methyl sites for hydroxylation is 1. The van der Waals surface area contributed by atoms with E-state index in [4.69, 9.17) is 0 Å². The molecule has 6 nitrogen and oxygen atoms in total. The number of hydrazine groups is 1. The average molecular weight is 459 g/mol. The fourth-order valence-corrected chi connectivity index (χ4v) is 4.45. The smallest absolute Gasteiger partial charge is 0.277 e. The van der Waals surface area contributed by atoms with E-state index >= 15 is 0 Å². The number of hydrogen-bond donors (Lipinski definition) is 2.